The van der Waals surface area contributed by atoms with Crippen molar-refractivity contribution in [3.63, 3.8) is 0 Å². The van der Waals surface area contributed by atoms with E-state index in [9.17, 15) is 4.79 Å². The first-order valence-electron chi connectivity index (χ1n) is 6.67. The topological polar surface area (TPSA) is 71.2 Å². The Kier molecular flexibility index (Phi) is 4.87. The maximum atomic E-state index is 12.3. The minimum atomic E-state index is -0.513. The number of carbonyl (C=O) groups excluding carboxylic acids is 1. The molecule has 0 aromatic rings. The Morgan fingerprint density at radius 1 is 1.33 bits per heavy atom. The van der Waals surface area contributed by atoms with E-state index in [0.29, 0.717) is 12.3 Å². The van der Waals surface area contributed by atoms with Gasteiger partial charge in [-0.15, -0.1) is 0 Å². The fourth-order valence-corrected chi connectivity index (χ4v) is 2.69. The van der Waals surface area contributed by atoms with Crippen molar-refractivity contribution in [1.29, 1.82) is 10.8 Å². The lowest BCUT2D eigenvalue weighted by atomic mass is 9.98. The third-order valence-corrected chi connectivity index (χ3v) is 3.82. The van der Waals surface area contributed by atoms with E-state index in [1.54, 1.807) is 7.05 Å². The summed E-state index contributed by atoms with van der Waals surface area (Å²) in [7, 11) is 1.68. The molecule has 2 unspecified atom stereocenters. The number of nitrogens with one attached hydrogen (secondary N) is 2. The number of hydrogen-bond donors (Lipinski definition) is 2. The van der Waals surface area contributed by atoms with Gasteiger partial charge in [0.05, 0.1) is 0 Å². The molecule has 0 aromatic heterocycles. The van der Waals surface area contributed by atoms with Gasteiger partial charge >= 0.3 is 0 Å². The van der Waals surface area contributed by atoms with Gasteiger partial charge in [-0.3, -0.25) is 10.2 Å². The minimum Gasteiger partial charge on any atom is -0.343 e. The fourth-order valence-electron chi connectivity index (χ4n) is 2.69. The molecule has 1 saturated heterocycles. The lowest BCUT2D eigenvalue weighted by Gasteiger charge is -2.47. The maximum absolute atomic E-state index is 12.3. The van der Waals surface area contributed by atoms with E-state index in [1.165, 1.54) is 11.1 Å². The molecule has 1 heterocycles. The summed E-state index contributed by atoms with van der Waals surface area (Å²) < 4.78 is 0. The highest BCUT2D eigenvalue weighted by Crippen LogP contribution is 2.24. The highest BCUT2D eigenvalue weighted by atomic mass is 16.2. The van der Waals surface area contributed by atoms with Gasteiger partial charge in [-0.25, -0.2) is 0 Å². The molecule has 0 aromatic carbocycles. The summed E-state index contributed by atoms with van der Waals surface area (Å²) in [6.45, 7) is 6.14. The van der Waals surface area contributed by atoms with Gasteiger partial charge in [0.1, 0.15) is 17.9 Å². The highest BCUT2D eigenvalue weighted by Gasteiger charge is 2.42. The quantitative estimate of drug-likeness (QED) is 0.731. The molecule has 0 saturated carbocycles. The molecule has 5 heteroatoms. The van der Waals surface area contributed by atoms with Crippen molar-refractivity contribution < 1.29 is 4.79 Å². The SMILES string of the molecule is CCC(CC)N1C(=N)C(C=N)N(C)C(=O)C1CC. The monoisotopic (exact) mass is 252 g/mol. The van der Waals surface area contributed by atoms with Crippen LogP contribution >= 0.6 is 0 Å². The zero-order valence-corrected chi connectivity index (χ0v) is 11.7. The second-order valence-electron chi connectivity index (χ2n) is 4.75. The van der Waals surface area contributed by atoms with Crippen LogP contribution < -0.4 is 0 Å². The van der Waals surface area contributed by atoms with Crippen molar-refractivity contribution in [2.45, 2.75) is 58.2 Å². The van der Waals surface area contributed by atoms with E-state index in [4.69, 9.17) is 10.8 Å². The molecular formula is C13H24N4O. The number of carbonyl (C=O) groups is 1. The van der Waals surface area contributed by atoms with Gasteiger partial charge < -0.3 is 15.2 Å². The summed E-state index contributed by atoms with van der Waals surface area (Å²) in [5, 5.41) is 15.7. The van der Waals surface area contributed by atoms with Gasteiger partial charge in [-0.2, -0.15) is 0 Å². The van der Waals surface area contributed by atoms with E-state index < -0.39 is 6.04 Å². The molecule has 0 bridgehead atoms. The van der Waals surface area contributed by atoms with Gasteiger partial charge in [-0.1, -0.05) is 20.8 Å². The first kappa shape index (κ1) is 14.7. The predicted octanol–water partition coefficient (Wildman–Crippen LogP) is 1.72. The number of amidine groups is 1. The summed E-state index contributed by atoms with van der Waals surface area (Å²) >= 11 is 0. The third kappa shape index (κ3) is 2.26. The molecule has 1 fully saturated rings. The molecule has 0 aliphatic carbocycles. The summed E-state index contributed by atoms with van der Waals surface area (Å²) in [4.78, 5) is 15.7. The molecule has 102 valence electrons. The van der Waals surface area contributed by atoms with E-state index in [2.05, 4.69) is 13.8 Å². The zero-order chi connectivity index (χ0) is 13.9. The molecular weight excluding hydrogens is 228 g/mol. The molecule has 0 spiro atoms. The number of hydrogen-bond acceptors (Lipinski definition) is 3. The number of amides is 1. The van der Waals surface area contributed by atoms with Crippen molar-refractivity contribution in [2.24, 2.45) is 0 Å². The summed E-state index contributed by atoms with van der Waals surface area (Å²) in [5.41, 5.74) is 0. The van der Waals surface area contributed by atoms with Gasteiger partial charge in [0.25, 0.3) is 0 Å². The maximum Gasteiger partial charge on any atom is 0.245 e. The Morgan fingerprint density at radius 3 is 2.28 bits per heavy atom. The van der Waals surface area contributed by atoms with Crippen LogP contribution in [-0.2, 0) is 4.79 Å². The Balaban J connectivity index is 3.14. The van der Waals surface area contributed by atoms with Gasteiger partial charge in [-0.05, 0) is 19.3 Å². The van der Waals surface area contributed by atoms with Crippen LogP contribution in [0.4, 0.5) is 0 Å². The lowest BCUT2D eigenvalue weighted by Crippen LogP contribution is -2.65. The number of piperazine rings is 1. The smallest absolute Gasteiger partial charge is 0.245 e. The van der Waals surface area contributed by atoms with Crippen molar-refractivity contribution in [1.82, 2.24) is 9.80 Å². The van der Waals surface area contributed by atoms with Crippen molar-refractivity contribution >= 4 is 18.0 Å². The Labute approximate surface area is 109 Å². The van der Waals surface area contributed by atoms with Crippen LogP contribution in [0.3, 0.4) is 0 Å². The molecule has 5 nitrogen and oxygen atoms in total. The number of rotatable bonds is 5. The molecule has 1 rings (SSSR count). The normalized spacial score (nSPS) is 24.9. The first-order valence-corrected chi connectivity index (χ1v) is 6.67. The van der Waals surface area contributed by atoms with E-state index in [0.717, 1.165) is 12.8 Å². The zero-order valence-electron chi connectivity index (χ0n) is 11.7. The average Bonchev–Trinajstić information content (AvgIpc) is 2.37. The van der Waals surface area contributed by atoms with Crippen molar-refractivity contribution in [3.8, 4) is 0 Å². The van der Waals surface area contributed by atoms with E-state index in [-0.39, 0.29) is 18.0 Å². The average molecular weight is 252 g/mol. The minimum absolute atomic E-state index is 0.0221. The van der Waals surface area contributed by atoms with Crippen molar-refractivity contribution in [2.75, 3.05) is 7.05 Å². The molecule has 1 aliphatic rings. The fraction of sp³-hybridized carbons (Fsp3) is 0.769. The Hall–Kier alpha value is -1.39. The van der Waals surface area contributed by atoms with Crippen LogP contribution in [-0.4, -0.2) is 52.9 Å². The first-order chi connectivity index (χ1) is 8.53. The summed E-state index contributed by atoms with van der Waals surface area (Å²) in [6.07, 6.45) is 3.71. The summed E-state index contributed by atoms with van der Waals surface area (Å²) in [5.74, 6) is 0.404. The largest absolute Gasteiger partial charge is 0.343 e. The number of likely N-dealkylation sites (N-methyl/N-ethyl adjacent to an activating group) is 1. The van der Waals surface area contributed by atoms with Crippen LogP contribution in [0.2, 0.25) is 0 Å². The van der Waals surface area contributed by atoms with Crippen LogP contribution in [0.5, 0.6) is 0 Å². The third-order valence-electron chi connectivity index (χ3n) is 3.82. The highest BCUT2D eigenvalue weighted by molar-refractivity contribution is 6.06. The second-order valence-corrected chi connectivity index (χ2v) is 4.75. The van der Waals surface area contributed by atoms with Crippen LogP contribution in [0, 0.1) is 10.8 Å². The van der Waals surface area contributed by atoms with Gasteiger partial charge in [0.2, 0.25) is 5.91 Å². The van der Waals surface area contributed by atoms with Crippen LogP contribution in [0.25, 0.3) is 0 Å². The van der Waals surface area contributed by atoms with Gasteiger partial charge in [0.15, 0.2) is 0 Å². The van der Waals surface area contributed by atoms with E-state index >= 15 is 0 Å². The van der Waals surface area contributed by atoms with Crippen LogP contribution in [0.15, 0.2) is 0 Å². The molecule has 1 aliphatic heterocycles. The molecule has 1 amide bonds. The summed E-state index contributed by atoms with van der Waals surface area (Å²) in [6, 6.07) is -0.549. The van der Waals surface area contributed by atoms with Gasteiger partial charge in [0, 0.05) is 19.3 Å². The number of nitrogens with zero attached hydrogens (tertiary/aromatic N) is 2. The molecule has 2 atom stereocenters. The predicted molar refractivity (Wildman–Crippen MR) is 73.4 cm³/mol. The second kappa shape index (κ2) is 5.98. The Morgan fingerprint density at radius 2 is 1.89 bits per heavy atom. The van der Waals surface area contributed by atoms with Crippen LogP contribution in [0.1, 0.15) is 40.0 Å². The lowest BCUT2D eigenvalue weighted by molar-refractivity contribution is -0.137. The molecule has 2 N–H and O–H groups in total. The molecule has 18 heavy (non-hydrogen) atoms. The van der Waals surface area contributed by atoms with Crippen molar-refractivity contribution in [3.05, 3.63) is 0 Å². The molecule has 0 radical (unpaired) electrons. The Bertz CT molecular complexity index is 338. The standard InChI is InChI=1S/C13H24N4O/c1-5-9(6-2)17-10(7-3)13(18)16(4)11(8-14)12(17)15/h8-11,14-15H,5-7H2,1-4H3. The van der Waals surface area contributed by atoms with E-state index in [1.807, 2.05) is 11.8 Å².